The first kappa shape index (κ1) is 20.1. The molecule has 5 aromatic carbocycles. The van der Waals surface area contributed by atoms with Crippen molar-refractivity contribution >= 4 is 89.1 Å². The summed E-state index contributed by atoms with van der Waals surface area (Å²) in [7, 11) is 0. The van der Waals surface area contributed by atoms with E-state index in [9.17, 15) is 0 Å². The first-order chi connectivity index (χ1) is 18.8. The van der Waals surface area contributed by atoms with Gasteiger partial charge in [0, 0.05) is 47.4 Å². The average molecular weight is 518 g/mol. The highest BCUT2D eigenvalue weighted by Gasteiger charge is 2.45. The predicted molar refractivity (Wildman–Crippen MR) is 164 cm³/mol. The Kier molecular flexibility index (Phi) is 3.56. The Morgan fingerprint density at radius 2 is 1.53 bits per heavy atom. The van der Waals surface area contributed by atoms with Gasteiger partial charge in [0.1, 0.15) is 0 Å². The summed E-state index contributed by atoms with van der Waals surface area (Å²) in [4.78, 5) is 6.59. The van der Waals surface area contributed by atoms with Crippen LogP contribution in [0.5, 0.6) is 0 Å². The number of thiophene rings is 1. The van der Waals surface area contributed by atoms with Crippen LogP contribution in [0.1, 0.15) is 5.56 Å². The van der Waals surface area contributed by atoms with Crippen LogP contribution >= 0.6 is 23.1 Å². The van der Waals surface area contributed by atoms with E-state index in [1.807, 2.05) is 23.1 Å². The Morgan fingerprint density at radius 1 is 0.711 bits per heavy atom. The molecule has 7 aromatic rings. The SMILES string of the molecule is Cc1cc2c3c(c1)N1c4ccccc4Sc4cccc(c41)B3n1c3sc4ccccc4c3c3cccc-2c31. The minimum Gasteiger partial charge on any atom is -0.367 e. The molecule has 38 heavy (non-hydrogen) atoms. The lowest BCUT2D eigenvalue weighted by atomic mass is 9.45. The van der Waals surface area contributed by atoms with Crippen molar-refractivity contribution in [2.45, 2.75) is 16.7 Å². The van der Waals surface area contributed by atoms with Crippen LogP contribution in [-0.4, -0.2) is 11.3 Å². The van der Waals surface area contributed by atoms with Gasteiger partial charge < -0.3 is 9.38 Å². The maximum Gasteiger partial charge on any atom is 0.333 e. The van der Waals surface area contributed by atoms with Gasteiger partial charge in [-0.25, -0.2) is 0 Å². The second-order valence-corrected chi connectivity index (χ2v) is 12.7. The molecule has 10 rings (SSSR count). The minimum absolute atomic E-state index is 0.139. The number of rotatable bonds is 0. The van der Waals surface area contributed by atoms with Crippen molar-refractivity contribution in [1.29, 1.82) is 0 Å². The van der Waals surface area contributed by atoms with E-state index >= 15 is 0 Å². The fourth-order valence-corrected chi connectivity index (χ4v) is 9.58. The molecule has 0 bridgehead atoms. The summed E-state index contributed by atoms with van der Waals surface area (Å²) in [5.41, 5.74) is 12.2. The first-order valence-electron chi connectivity index (χ1n) is 13.1. The monoisotopic (exact) mass is 518 g/mol. The molecule has 3 aliphatic rings. The molecule has 0 atom stereocenters. The maximum atomic E-state index is 2.68. The van der Waals surface area contributed by atoms with E-state index in [1.165, 1.54) is 85.7 Å². The van der Waals surface area contributed by atoms with Gasteiger partial charge in [-0.15, -0.1) is 11.3 Å². The van der Waals surface area contributed by atoms with E-state index in [0.717, 1.165) is 0 Å². The fourth-order valence-electron chi connectivity index (χ4n) is 7.23. The average Bonchev–Trinajstić information content (AvgIpc) is 3.48. The Morgan fingerprint density at radius 3 is 2.50 bits per heavy atom. The molecular weight excluding hydrogens is 499 g/mol. The van der Waals surface area contributed by atoms with Gasteiger partial charge in [-0.3, -0.25) is 0 Å². The van der Waals surface area contributed by atoms with Gasteiger partial charge in [-0.05, 0) is 59.3 Å². The summed E-state index contributed by atoms with van der Waals surface area (Å²) in [5.74, 6) is 0. The van der Waals surface area contributed by atoms with Crippen molar-refractivity contribution in [2.75, 3.05) is 4.90 Å². The zero-order chi connectivity index (χ0) is 24.7. The number of hydrogen-bond acceptors (Lipinski definition) is 3. The molecule has 0 unspecified atom stereocenters. The normalized spacial score (nSPS) is 14.2. The number of para-hydroxylation sites is 3. The van der Waals surface area contributed by atoms with Crippen molar-refractivity contribution in [3.63, 3.8) is 0 Å². The number of anilines is 3. The van der Waals surface area contributed by atoms with Crippen molar-refractivity contribution < 1.29 is 0 Å². The number of fused-ring (bicyclic) bond motifs is 11. The largest absolute Gasteiger partial charge is 0.367 e. The lowest BCUT2D eigenvalue weighted by Gasteiger charge is -2.43. The number of nitrogens with zero attached hydrogens (tertiary/aromatic N) is 2. The summed E-state index contributed by atoms with van der Waals surface area (Å²) in [6.07, 6.45) is 0. The van der Waals surface area contributed by atoms with Crippen LogP contribution in [0.3, 0.4) is 0 Å². The predicted octanol–water partition coefficient (Wildman–Crippen LogP) is 8.20. The zero-order valence-electron chi connectivity index (χ0n) is 20.5. The second-order valence-electron chi connectivity index (χ2n) is 10.6. The van der Waals surface area contributed by atoms with Crippen LogP contribution in [-0.2, 0) is 0 Å². The van der Waals surface area contributed by atoms with E-state index in [4.69, 9.17) is 0 Å². The van der Waals surface area contributed by atoms with Gasteiger partial charge in [-0.1, -0.05) is 78.5 Å². The summed E-state index contributed by atoms with van der Waals surface area (Å²) >= 11 is 3.84. The topological polar surface area (TPSA) is 8.17 Å². The molecule has 5 heteroatoms. The molecule has 176 valence electrons. The Labute approximate surface area is 228 Å². The molecule has 0 saturated carbocycles. The molecule has 0 N–H and O–H groups in total. The standard InChI is InChI=1S/C33H19BN2S2/c1-18-16-22-19-9-6-10-21-29-20-8-2-4-13-26(20)38-33(29)36(31(19)21)34-23-11-7-15-28-32(23)35(25(17-18)30(22)34)24-12-3-5-14-27(24)37-28/h2-17H,1H3. The summed E-state index contributed by atoms with van der Waals surface area (Å²) in [6, 6.07) is 36.5. The number of aryl methyl sites for hydroxylation is 1. The first-order valence-corrected chi connectivity index (χ1v) is 14.7. The van der Waals surface area contributed by atoms with Crippen molar-refractivity contribution in [3.8, 4) is 11.1 Å². The Hall–Kier alpha value is -3.93. The van der Waals surface area contributed by atoms with Gasteiger partial charge >= 0.3 is 6.85 Å². The van der Waals surface area contributed by atoms with E-state index < -0.39 is 0 Å². The van der Waals surface area contributed by atoms with Gasteiger partial charge in [0.2, 0.25) is 0 Å². The number of aromatic nitrogens is 1. The molecule has 3 aliphatic heterocycles. The van der Waals surface area contributed by atoms with Crippen LogP contribution in [0, 0.1) is 6.92 Å². The molecule has 0 spiro atoms. The molecule has 2 aromatic heterocycles. The molecule has 5 heterocycles. The fraction of sp³-hybridized carbons (Fsp3) is 0.0303. The third kappa shape index (κ3) is 2.22. The van der Waals surface area contributed by atoms with Crippen LogP contribution < -0.4 is 15.8 Å². The molecule has 0 radical (unpaired) electrons. The van der Waals surface area contributed by atoms with Gasteiger partial charge in [0.05, 0.1) is 16.2 Å². The highest BCUT2D eigenvalue weighted by molar-refractivity contribution is 7.99. The smallest absolute Gasteiger partial charge is 0.333 e. The molecule has 0 fully saturated rings. The summed E-state index contributed by atoms with van der Waals surface area (Å²) in [5, 5.41) is 4.14. The Bertz CT molecular complexity index is 2210. The lowest BCUT2D eigenvalue weighted by molar-refractivity contribution is 1.16. The summed E-state index contributed by atoms with van der Waals surface area (Å²) < 4.78 is 4.05. The van der Waals surface area contributed by atoms with E-state index in [2.05, 4.69) is 113 Å². The van der Waals surface area contributed by atoms with Crippen LogP contribution in [0.25, 0.3) is 42.3 Å². The van der Waals surface area contributed by atoms with Crippen LogP contribution in [0.4, 0.5) is 17.1 Å². The van der Waals surface area contributed by atoms with E-state index in [0.29, 0.717) is 0 Å². The van der Waals surface area contributed by atoms with Crippen LogP contribution in [0.2, 0.25) is 0 Å². The van der Waals surface area contributed by atoms with Gasteiger partial charge in [0.25, 0.3) is 0 Å². The third-order valence-corrected chi connectivity index (χ3v) is 10.9. The minimum atomic E-state index is 0.139. The van der Waals surface area contributed by atoms with Crippen molar-refractivity contribution in [2.24, 2.45) is 0 Å². The molecule has 2 nitrogen and oxygen atoms in total. The van der Waals surface area contributed by atoms with Gasteiger partial charge in [-0.2, -0.15) is 0 Å². The quantitative estimate of drug-likeness (QED) is 0.187. The van der Waals surface area contributed by atoms with E-state index in [-0.39, 0.29) is 6.85 Å². The highest BCUT2D eigenvalue weighted by Crippen LogP contribution is 2.54. The third-order valence-electron chi connectivity index (χ3n) is 8.58. The van der Waals surface area contributed by atoms with Gasteiger partial charge in [0.15, 0.2) is 0 Å². The highest BCUT2D eigenvalue weighted by atomic mass is 32.2. The zero-order valence-corrected chi connectivity index (χ0v) is 22.2. The van der Waals surface area contributed by atoms with Crippen molar-refractivity contribution in [1.82, 2.24) is 4.48 Å². The molecule has 0 saturated heterocycles. The van der Waals surface area contributed by atoms with Crippen LogP contribution in [0.15, 0.2) is 107 Å². The molecule has 0 amide bonds. The Balaban J connectivity index is 1.44. The number of hydrogen-bond donors (Lipinski definition) is 0. The van der Waals surface area contributed by atoms with E-state index in [1.54, 1.807) is 0 Å². The maximum absolute atomic E-state index is 2.68. The summed E-state index contributed by atoms with van der Waals surface area (Å²) in [6.45, 7) is 2.39. The van der Waals surface area contributed by atoms with Crippen molar-refractivity contribution in [3.05, 3.63) is 103 Å². The molecule has 0 aliphatic carbocycles. The lowest BCUT2D eigenvalue weighted by Crippen LogP contribution is -2.57. The molecular formula is C33H19BN2S2. The second kappa shape index (κ2) is 6.74. The number of benzene rings is 5.